The van der Waals surface area contributed by atoms with Gasteiger partial charge in [0.05, 0.1) is 0 Å². The van der Waals surface area contributed by atoms with Gasteiger partial charge in [-0.25, -0.2) is 23.3 Å². The van der Waals surface area contributed by atoms with Crippen LogP contribution in [-0.2, 0) is 48.5 Å². The third kappa shape index (κ3) is 18.4. The maximum absolute atomic E-state index is 3.14. The van der Waals surface area contributed by atoms with E-state index < -0.39 is 0 Å². The van der Waals surface area contributed by atoms with Crippen molar-refractivity contribution in [2.45, 2.75) is 80.1 Å². The Labute approximate surface area is 496 Å². The Morgan fingerprint density at radius 3 is 0.842 bits per heavy atom. The van der Waals surface area contributed by atoms with E-state index in [4.69, 9.17) is 0 Å². The third-order valence-electron chi connectivity index (χ3n) is 12.9. The van der Waals surface area contributed by atoms with Crippen molar-refractivity contribution in [3.05, 3.63) is 298 Å². The molecule has 4 heteroatoms. The molecule has 380 valence electrons. The predicted octanol–water partition coefficient (Wildman–Crippen LogP) is 13.2. The first-order chi connectivity index (χ1) is 36.1. The summed E-state index contributed by atoms with van der Waals surface area (Å²) in [5.74, 6) is 0. The summed E-state index contributed by atoms with van der Waals surface area (Å²) in [5, 5.41) is 10.9. The summed E-state index contributed by atoms with van der Waals surface area (Å²) in [6, 6.07) is 73.4. The van der Waals surface area contributed by atoms with Crippen molar-refractivity contribution in [2.24, 2.45) is 0 Å². The number of allylic oxidation sites excluding steroid dienone is 8. The van der Waals surface area contributed by atoms with Crippen molar-refractivity contribution in [1.29, 1.82) is 0 Å². The molecule has 0 amide bonds. The average molecular weight is 1190 g/mol. The zero-order chi connectivity index (χ0) is 52.1. The van der Waals surface area contributed by atoms with Gasteiger partial charge >= 0.3 is 198 Å². The molecule has 0 nitrogen and oxygen atoms in total. The fraction of sp³-hybridized carbons (Fsp3) is 0.167. The van der Waals surface area contributed by atoms with Gasteiger partial charge in [-0.1, -0.05) is 110 Å². The zero-order valence-electron chi connectivity index (χ0n) is 44.9. The minimum absolute atomic E-state index is 0. The molecule has 0 aromatic heterocycles. The van der Waals surface area contributed by atoms with E-state index in [2.05, 4.69) is 284 Å². The molecule has 10 aromatic rings. The second-order valence-corrected chi connectivity index (χ2v) is 21.5. The molecule has 2 aliphatic rings. The molecule has 76 heavy (non-hydrogen) atoms. The molecule has 0 aliphatic heterocycles. The Kier molecular flexibility index (Phi) is 26.1. The second-order valence-electron chi connectivity index (χ2n) is 19.0. The van der Waals surface area contributed by atoms with Crippen LogP contribution >= 0.6 is 0 Å². The third-order valence-corrected chi connectivity index (χ3v) is 15.7. The van der Waals surface area contributed by atoms with Crippen molar-refractivity contribution < 1.29 is 73.3 Å². The Morgan fingerprint density at radius 1 is 0.382 bits per heavy atom. The summed E-state index contributed by atoms with van der Waals surface area (Å²) < 4.78 is 2.83. The summed E-state index contributed by atoms with van der Waals surface area (Å²) >= 11 is 2.92. The van der Waals surface area contributed by atoms with Gasteiger partial charge in [-0.2, -0.15) is 12.2 Å². The van der Waals surface area contributed by atoms with E-state index in [1.165, 1.54) is 179 Å². The quantitative estimate of drug-likeness (QED) is 0.133. The molecule has 0 fully saturated rings. The monoisotopic (exact) mass is 1180 g/mol. The number of fused-ring (bicyclic) bond motifs is 6. The van der Waals surface area contributed by atoms with E-state index in [0.29, 0.717) is 0 Å². The van der Waals surface area contributed by atoms with Gasteiger partial charge in [0.15, 0.2) is 0 Å². The fourth-order valence-electron chi connectivity index (χ4n) is 9.08. The molecule has 10 aromatic carbocycles. The van der Waals surface area contributed by atoms with Crippen molar-refractivity contribution in [1.82, 2.24) is 0 Å². The molecular formula is C72H68Cl2Zr2-2. The van der Waals surface area contributed by atoms with E-state index in [1.54, 1.807) is 0 Å². The Hall–Kier alpha value is -5.45. The van der Waals surface area contributed by atoms with Crippen LogP contribution in [-0.4, -0.2) is 6.41 Å². The molecule has 0 spiro atoms. The summed E-state index contributed by atoms with van der Waals surface area (Å²) in [4.78, 5) is 0. The van der Waals surface area contributed by atoms with Gasteiger partial charge in [-0.05, 0) is 27.7 Å². The molecule has 0 N–H and O–H groups in total. The maximum atomic E-state index is 3.14. The summed E-state index contributed by atoms with van der Waals surface area (Å²) in [6.07, 6.45) is 22.0. The zero-order valence-corrected chi connectivity index (χ0v) is 51.4. The van der Waals surface area contributed by atoms with Gasteiger partial charge in [-0.3, -0.25) is 12.2 Å². The number of aryl methyl sites for hydroxylation is 4. The summed E-state index contributed by atoms with van der Waals surface area (Å²) in [5.41, 5.74) is 13.6. The van der Waals surface area contributed by atoms with Gasteiger partial charge in [-0.15, -0.1) is 92.3 Å². The van der Waals surface area contributed by atoms with Crippen molar-refractivity contribution in [3.8, 4) is 0 Å². The summed E-state index contributed by atoms with van der Waals surface area (Å²) in [6.45, 7) is 13.0. The van der Waals surface area contributed by atoms with E-state index >= 15 is 0 Å². The van der Waals surface area contributed by atoms with E-state index in [9.17, 15) is 0 Å². The number of halogens is 2. The molecule has 12 rings (SSSR count). The molecule has 0 unspecified atom stereocenters. The fourth-order valence-corrected chi connectivity index (χ4v) is 10.7. The van der Waals surface area contributed by atoms with Crippen LogP contribution in [0.1, 0.15) is 96.9 Å². The SMILES string of the molecule is CCCC1=CC[C-]=C1.CCCC1=CC[C-]=C1.Cc1ccc2c(c1)[cH-]c1cc(C)ccc12.Cc1ccc2c(c1)[cH-]c1cc(C)ccc12.[Cl-].[Cl-].[Zr+2]=[C](c1ccccc1)c1ccccc1.[Zr+2]=[C](c1ccccc1)c1ccccc1. The van der Waals surface area contributed by atoms with Crippen LogP contribution in [0.15, 0.2) is 242 Å². The Balaban J connectivity index is 0.000000170. The van der Waals surface area contributed by atoms with E-state index in [1.807, 2.05) is 0 Å². The van der Waals surface area contributed by atoms with Crippen LogP contribution in [0.2, 0.25) is 0 Å². The topological polar surface area (TPSA) is 0 Å². The average Bonchev–Trinajstić information content (AvgIpc) is 4.29. The second kappa shape index (κ2) is 32.3. The number of hydrogen-bond donors (Lipinski definition) is 0. The number of hydrogen-bond acceptors (Lipinski definition) is 0. The van der Waals surface area contributed by atoms with Gasteiger partial charge in [0, 0.05) is 0 Å². The molecular weight excluding hydrogens is 1120 g/mol. The molecule has 2 aliphatic carbocycles. The van der Waals surface area contributed by atoms with Crippen LogP contribution in [0.25, 0.3) is 43.1 Å². The summed E-state index contributed by atoms with van der Waals surface area (Å²) in [7, 11) is 0. The van der Waals surface area contributed by atoms with Gasteiger partial charge in [0.1, 0.15) is 0 Å². The van der Waals surface area contributed by atoms with Crippen molar-refractivity contribution >= 4 is 49.5 Å². The standard InChI is InChI=1S/2C15H13.2C13H10.2C8H11.2ClH.2Zr/c2*1-10-3-5-14-12(7-10)9-13-8-11(2)4-6-15(13)14;2*1-3-7-12(8-4-1)11-13-9-5-2-6-10-13;2*1-2-5-8-6-3-4-7-8;;;;/h2*3-9H,1-2H3;2*1-10H;2*6-7H,2-3,5H2,1H3;2*1H;;/q2*-1;;;2*-1;;;2*+2/p-2. The van der Waals surface area contributed by atoms with Gasteiger partial charge in [0.2, 0.25) is 0 Å². The Bertz CT molecular complexity index is 3080. The first-order valence-corrected chi connectivity index (χ1v) is 28.6. The first kappa shape index (κ1) is 61.4. The molecule has 0 saturated heterocycles. The van der Waals surface area contributed by atoms with Crippen LogP contribution in [0.4, 0.5) is 0 Å². The van der Waals surface area contributed by atoms with E-state index in [0.717, 1.165) is 12.8 Å². The van der Waals surface area contributed by atoms with Gasteiger partial charge in [0.25, 0.3) is 0 Å². The molecule has 0 bridgehead atoms. The van der Waals surface area contributed by atoms with Crippen LogP contribution < -0.4 is 24.8 Å². The number of rotatable bonds is 8. The van der Waals surface area contributed by atoms with Crippen LogP contribution in [0, 0.1) is 39.8 Å². The normalized spacial score (nSPS) is 11.7. The minimum atomic E-state index is 0. The van der Waals surface area contributed by atoms with E-state index in [-0.39, 0.29) is 24.8 Å². The first-order valence-electron chi connectivity index (χ1n) is 26.1. The molecule has 0 saturated carbocycles. The molecule has 0 radical (unpaired) electrons. The van der Waals surface area contributed by atoms with Crippen LogP contribution in [0.3, 0.4) is 0 Å². The molecule has 0 heterocycles. The van der Waals surface area contributed by atoms with Crippen LogP contribution in [0.5, 0.6) is 0 Å². The predicted molar refractivity (Wildman–Crippen MR) is 316 cm³/mol. The van der Waals surface area contributed by atoms with Crippen molar-refractivity contribution in [2.75, 3.05) is 0 Å². The Morgan fingerprint density at radius 2 is 0.632 bits per heavy atom. The number of benzene rings is 8. The van der Waals surface area contributed by atoms with Gasteiger partial charge < -0.3 is 24.8 Å². The van der Waals surface area contributed by atoms with Crippen molar-refractivity contribution in [3.63, 3.8) is 0 Å². The molecule has 0 atom stereocenters.